The number of hydrogen-bond acceptors (Lipinski definition) is 10. The highest BCUT2D eigenvalue weighted by Gasteiger charge is 2.29. The van der Waals surface area contributed by atoms with Crippen molar-refractivity contribution in [3.8, 4) is 11.8 Å². The number of rotatable bonds is 7. The Hall–Kier alpha value is -5.66. The third kappa shape index (κ3) is 9.95. The van der Waals surface area contributed by atoms with E-state index in [2.05, 4.69) is 99.1 Å². The number of aromatic nitrogens is 4. The van der Waals surface area contributed by atoms with E-state index in [0.717, 1.165) is 49.0 Å². The molecular formula is C42H58N10O4. The molecule has 56 heavy (non-hydrogen) atoms. The summed E-state index contributed by atoms with van der Waals surface area (Å²) in [5, 5.41) is 2.84. The lowest BCUT2D eigenvalue weighted by Crippen LogP contribution is -2.53. The largest absolute Gasteiger partial charge is 0.478 e. The smallest absolute Gasteiger partial charge is 0.325 e. The Morgan fingerprint density at radius 2 is 1.00 bits per heavy atom. The molecule has 2 saturated heterocycles. The summed E-state index contributed by atoms with van der Waals surface area (Å²) >= 11 is 0. The summed E-state index contributed by atoms with van der Waals surface area (Å²) in [6, 6.07) is 12.9. The molecule has 2 fully saturated rings. The minimum Gasteiger partial charge on any atom is -0.478 e. The summed E-state index contributed by atoms with van der Waals surface area (Å²) in [6.45, 7) is 24.3. The van der Waals surface area contributed by atoms with Gasteiger partial charge in [-0.25, -0.2) is 29.5 Å². The van der Waals surface area contributed by atoms with Gasteiger partial charge in [-0.3, -0.25) is 10.2 Å². The summed E-state index contributed by atoms with van der Waals surface area (Å²) in [5.74, 6) is 1.57. The molecule has 0 atom stereocenters. The van der Waals surface area contributed by atoms with Gasteiger partial charge in [0.1, 0.15) is 0 Å². The number of urea groups is 2. The molecule has 0 unspecified atom stereocenters. The Balaban J connectivity index is 0.000000215. The van der Waals surface area contributed by atoms with Crippen LogP contribution in [0.2, 0.25) is 0 Å². The number of amides is 4. The molecule has 4 aromatic rings. The first-order valence-corrected chi connectivity index (χ1v) is 19.3. The van der Waals surface area contributed by atoms with E-state index in [1.165, 1.54) is 40.7 Å². The minimum absolute atomic E-state index is 0.0524. The van der Waals surface area contributed by atoms with Crippen molar-refractivity contribution in [3.63, 3.8) is 0 Å². The van der Waals surface area contributed by atoms with Crippen molar-refractivity contribution in [2.75, 3.05) is 93.1 Å². The Morgan fingerprint density at radius 1 is 0.589 bits per heavy atom. The maximum Gasteiger partial charge on any atom is 0.325 e. The minimum atomic E-state index is -0.175. The van der Waals surface area contributed by atoms with Gasteiger partial charge in [0.05, 0.1) is 37.0 Å². The molecule has 0 bridgehead atoms. The average Bonchev–Trinajstić information content (AvgIpc) is 3.17. The first kappa shape index (κ1) is 41.5. The molecule has 0 aliphatic carbocycles. The van der Waals surface area contributed by atoms with E-state index in [4.69, 9.17) is 9.47 Å². The van der Waals surface area contributed by atoms with E-state index in [9.17, 15) is 9.59 Å². The zero-order valence-electron chi connectivity index (χ0n) is 35.0. The highest BCUT2D eigenvalue weighted by Crippen LogP contribution is 2.28. The van der Waals surface area contributed by atoms with Gasteiger partial charge in [-0.2, -0.15) is 0 Å². The second-order valence-corrected chi connectivity index (χ2v) is 14.6. The predicted octanol–water partition coefficient (Wildman–Crippen LogP) is 6.56. The summed E-state index contributed by atoms with van der Waals surface area (Å²) in [4.78, 5) is 53.7. The maximum absolute atomic E-state index is 13.3. The first-order chi connectivity index (χ1) is 26.7. The Morgan fingerprint density at radius 3 is 1.45 bits per heavy atom. The van der Waals surface area contributed by atoms with E-state index in [1.807, 2.05) is 39.5 Å². The number of methoxy groups -OCH3 is 2. The van der Waals surface area contributed by atoms with Crippen molar-refractivity contribution in [1.82, 2.24) is 29.7 Å². The quantitative estimate of drug-likeness (QED) is 0.221. The van der Waals surface area contributed by atoms with Crippen LogP contribution in [0.1, 0.15) is 52.0 Å². The number of ether oxygens (including phenoxy) is 2. The van der Waals surface area contributed by atoms with Crippen molar-refractivity contribution in [2.24, 2.45) is 0 Å². The van der Waals surface area contributed by atoms with Crippen LogP contribution >= 0.6 is 0 Å². The van der Waals surface area contributed by atoms with Gasteiger partial charge < -0.3 is 29.1 Å². The Bertz CT molecular complexity index is 1980. The van der Waals surface area contributed by atoms with Crippen molar-refractivity contribution in [1.29, 1.82) is 0 Å². The highest BCUT2D eigenvalue weighted by atomic mass is 16.5. The Kier molecular flexibility index (Phi) is 13.6. The van der Waals surface area contributed by atoms with Gasteiger partial charge in [-0.15, -0.1) is 0 Å². The van der Waals surface area contributed by atoms with Crippen LogP contribution < -0.4 is 29.5 Å². The molecule has 0 spiro atoms. The zero-order chi connectivity index (χ0) is 40.7. The van der Waals surface area contributed by atoms with Crippen LogP contribution in [0.25, 0.3) is 0 Å². The highest BCUT2D eigenvalue weighted by molar-refractivity contribution is 5.92. The fourth-order valence-electron chi connectivity index (χ4n) is 7.01. The summed E-state index contributed by atoms with van der Waals surface area (Å²) < 4.78 is 10.7. The molecule has 14 heteroatoms. The topological polar surface area (TPSA) is 132 Å². The molecule has 6 rings (SSSR count). The van der Waals surface area contributed by atoms with Crippen LogP contribution in [-0.2, 0) is 0 Å². The first-order valence-electron chi connectivity index (χ1n) is 19.3. The fraction of sp³-hybridized carbons (Fsp3) is 0.476. The predicted molar refractivity (Wildman–Crippen MR) is 223 cm³/mol. The van der Waals surface area contributed by atoms with Gasteiger partial charge in [-0.05, 0) is 109 Å². The zero-order valence-corrected chi connectivity index (χ0v) is 35.0. The second-order valence-electron chi connectivity index (χ2n) is 14.6. The van der Waals surface area contributed by atoms with E-state index >= 15 is 0 Å². The van der Waals surface area contributed by atoms with E-state index in [-0.39, 0.29) is 12.1 Å². The lowest BCUT2D eigenvalue weighted by atomic mass is 10.1. The molecule has 0 saturated carbocycles. The molecule has 2 aliphatic rings. The number of nitrogens with one attached hydrogen (secondary N) is 1. The van der Waals surface area contributed by atoms with Crippen LogP contribution in [0, 0.1) is 55.4 Å². The number of nitrogens with zero attached hydrogens (tertiary/aromatic N) is 9. The van der Waals surface area contributed by atoms with Crippen LogP contribution in [0.5, 0.6) is 11.8 Å². The van der Waals surface area contributed by atoms with E-state index in [1.54, 1.807) is 16.9 Å². The lowest BCUT2D eigenvalue weighted by Gasteiger charge is -2.38. The molecule has 0 radical (unpaired) electrons. The van der Waals surface area contributed by atoms with E-state index < -0.39 is 0 Å². The molecule has 1 N–H and O–H groups in total. The average molecular weight is 767 g/mol. The van der Waals surface area contributed by atoms with Crippen molar-refractivity contribution >= 4 is 35.1 Å². The monoisotopic (exact) mass is 766 g/mol. The van der Waals surface area contributed by atoms with Crippen LogP contribution in [0.4, 0.5) is 32.6 Å². The molecule has 4 heterocycles. The second kappa shape index (κ2) is 18.3. The number of carbonyl (C=O) groups excluding carboxylic acids is 2. The van der Waals surface area contributed by atoms with Gasteiger partial charge >= 0.3 is 12.1 Å². The van der Waals surface area contributed by atoms with Crippen LogP contribution in [0.15, 0.2) is 36.4 Å². The normalized spacial score (nSPS) is 14.2. The number of anilines is 4. The fourth-order valence-corrected chi connectivity index (χ4v) is 7.01. The van der Waals surface area contributed by atoms with E-state index in [0.29, 0.717) is 56.1 Å². The van der Waals surface area contributed by atoms with Gasteiger partial charge in [0, 0.05) is 70.3 Å². The lowest BCUT2D eigenvalue weighted by molar-refractivity contribution is 0.200. The summed E-state index contributed by atoms with van der Waals surface area (Å²) in [7, 11) is 3.08. The summed E-state index contributed by atoms with van der Waals surface area (Å²) in [6.07, 6.45) is 0. The molecule has 4 amide bonds. The molecule has 2 aromatic carbocycles. The number of carbonyl (C=O) groups is 2. The maximum atomic E-state index is 13.3. The van der Waals surface area contributed by atoms with Crippen molar-refractivity contribution in [3.05, 3.63) is 81.4 Å². The van der Waals surface area contributed by atoms with Crippen molar-refractivity contribution < 1.29 is 19.1 Å². The summed E-state index contributed by atoms with van der Waals surface area (Å²) in [5.41, 5.74) is 10.6. The number of piperazine rings is 2. The standard InChI is InChI=1S/C22H31N5O2.C20H27N5O2/c1-7-27(20-21(29-6)24-18(5)17(4)23-20)22(28)26-10-8-25(9-11-26)19-13-15(2)12-16(3)14-19;1-13-10-14(2)12-17(11-13)24-6-8-25(9-7-24)20(26)23-18-19(27-5)22-16(4)15(3)21-18/h12-14H,7-11H2,1-6H3;10-12H,6-9H2,1-5H3,(H,21,23,26). The van der Waals surface area contributed by atoms with Gasteiger partial charge in [0.25, 0.3) is 11.8 Å². The van der Waals surface area contributed by atoms with Crippen LogP contribution in [-0.4, -0.2) is 115 Å². The van der Waals surface area contributed by atoms with Crippen LogP contribution in [0.3, 0.4) is 0 Å². The number of benzene rings is 2. The van der Waals surface area contributed by atoms with Crippen molar-refractivity contribution in [2.45, 2.75) is 62.3 Å². The molecular weight excluding hydrogens is 709 g/mol. The number of hydrogen-bond donors (Lipinski definition) is 1. The SMILES string of the molecule is CCN(C(=O)N1CCN(c2cc(C)cc(C)c2)CC1)c1nc(C)c(C)nc1OC.COc1nc(C)c(C)nc1NC(=O)N1CCN(c2cc(C)cc(C)c2)CC1. The third-order valence-electron chi connectivity index (χ3n) is 10.2. The molecule has 2 aromatic heterocycles. The van der Waals surface area contributed by atoms with Gasteiger partial charge in [0.2, 0.25) is 5.82 Å². The molecule has 14 nitrogen and oxygen atoms in total. The third-order valence-corrected chi connectivity index (χ3v) is 10.2. The Labute approximate surface area is 331 Å². The van der Waals surface area contributed by atoms with Gasteiger partial charge in [-0.1, -0.05) is 12.1 Å². The molecule has 300 valence electrons. The number of aryl methyl sites for hydroxylation is 8. The molecule has 2 aliphatic heterocycles. The van der Waals surface area contributed by atoms with Gasteiger partial charge in [0.15, 0.2) is 5.82 Å².